The Labute approximate surface area is 150 Å². The summed E-state index contributed by atoms with van der Waals surface area (Å²) in [7, 11) is 2.22. The van der Waals surface area contributed by atoms with E-state index >= 15 is 0 Å². The van der Waals surface area contributed by atoms with E-state index in [1.165, 1.54) is 6.33 Å². The van der Waals surface area contributed by atoms with Crippen LogP contribution in [0.5, 0.6) is 5.88 Å². The van der Waals surface area contributed by atoms with Crippen molar-refractivity contribution < 1.29 is 14.2 Å². The summed E-state index contributed by atoms with van der Waals surface area (Å²) in [6.07, 6.45) is 1.53. The molecule has 0 atom stereocenters. The van der Waals surface area contributed by atoms with E-state index in [2.05, 4.69) is 45.6 Å². The molecule has 0 saturated carbocycles. The molecule has 0 saturated heterocycles. The van der Waals surface area contributed by atoms with Gasteiger partial charge in [0.15, 0.2) is 0 Å². The van der Waals surface area contributed by atoms with Crippen molar-refractivity contribution in [3.8, 4) is 5.88 Å². The Morgan fingerprint density at radius 2 is 1.96 bits per heavy atom. The second-order valence-corrected chi connectivity index (χ2v) is 12.8. The molecule has 0 fully saturated rings. The number of nitrogens with zero attached hydrogens (tertiary/aromatic N) is 3. The van der Waals surface area contributed by atoms with E-state index in [0.717, 1.165) is 35.9 Å². The van der Waals surface area contributed by atoms with Crippen LogP contribution in [-0.2, 0) is 22.7 Å². The van der Waals surface area contributed by atoms with Crippen LogP contribution in [0, 0.1) is 0 Å². The maximum Gasteiger partial charge on any atom is 0.241 e. The maximum absolute atomic E-state index is 5.96. The van der Waals surface area contributed by atoms with Crippen LogP contribution in [-0.4, -0.2) is 56.6 Å². The van der Waals surface area contributed by atoms with Crippen molar-refractivity contribution in [2.45, 2.75) is 39.0 Å². The Morgan fingerprint density at radius 1 is 1.16 bits per heavy atom. The van der Waals surface area contributed by atoms with Gasteiger partial charge in [-0.15, -0.1) is 0 Å². The van der Waals surface area contributed by atoms with Crippen molar-refractivity contribution in [1.82, 2.24) is 19.9 Å². The first-order valence-electron chi connectivity index (χ1n) is 8.61. The minimum absolute atomic E-state index is 0.471. The lowest BCUT2D eigenvalue weighted by molar-refractivity contribution is 0.0878. The molecule has 8 heteroatoms. The summed E-state index contributed by atoms with van der Waals surface area (Å²) in [5, 5.41) is 3.37. The minimum Gasteiger partial charge on any atom is -0.479 e. The van der Waals surface area contributed by atoms with Gasteiger partial charge in [0.25, 0.3) is 0 Å². The molecule has 2 rings (SSSR count). The lowest BCUT2D eigenvalue weighted by Crippen LogP contribution is -2.23. The number of methoxy groups -OCH3 is 2. The van der Waals surface area contributed by atoms with Gasteiger partial charge in [-0.25, -0.2) is 4.98 Å². The molecule has 0 aliphatic carbocycles. The van der Waals surface area contributed by atoms with Gasteiger partial charge in [0, 0.05) is 40.6 Å². The van der Waals surface area contributed by atoms with Gasteiger partial charge in [-0.3, -0.25) is 0 Å². The fourth-order valence-electron chi connectivity index (χ4n) is 2.48. The highest BCUT2D eigenvalue weighted by atomic mass is 28.3. The van der Waals surface area contributed by atoms with Gasteiger partial charge < -0.3 is 24.1 Å². The molecule has 25 heavy (non-hydrogen) atoms. The van der Waals surface area contributed by atoms with Gasteiger partial charge in [0.1, 0.15) is 18.6 Å². The molecule has 0 aliphatic heterocycles. The number of hydrogen-bond acceptors (Lipinski definition) is 6. The van der Waals surface area contributed by atoms with E-state index in [4.69, 9.17) is 14.2 Å². The quantitative estimate of drug-likeness (QED) is 0.487. The molecule has 0 bridgehead atoms. The number of ether oxygens (including phenoxy) is 3. The van der Waals surface area contributed by atoms with Crippen LogP contribution in [0.15, 0.2) is 12.4 Å². The van der Waals surface area contributed by atoms with E-state index < -0.39 is 8.07 Å². The molecule has 2 aromatic rings. The standard InChI is InChI=1S/C17H30N4O3Si/c1-22-7-6-18-11-14-10-15-16(17(23-2)20-12-19-15)21(14)13-24-8-9-25(3,4)5/h10,12,18H,6-9,11,13H2,1-5H3. The topological polar surface area (TPSA) is 70.4 Å². The van der Waals surface area contributed by atoms with Crippen LogP contribution in [0.4, 0.5) is 0 Å². The number of fused-ring (bicyclic) bond motifs is 1. The van der Waals surface area contributed by atoms with Crippen molar-refractivity contribution >= 4 is 19.1 Å². The third-order valence-electron chi connectivity index (χ3n) is 3.94. The minimum atomic E-state index is -1.10. The van der Waals surface area contributed by atoms with Crippen LogP contribution >= 0.6 is 0 Å². The summed E-state index contributed by atoms with van der Waals surface area (Å²) >= 11 is 0. The van der Waals surface area contributed by atoms with Crippen LogP contribution in [0.25, 0.3) is 11.0 Å². The predicted octanol–water partition coefficient (Wildman–Crippen LogP) is 2.49. The molecule has 0 aliphatic rings. The number of hydrogen-bond donors (Lipinski definition) is 1. The molecule has 2 heterocycles. The number of rotatable bonds is 11. The Balaban J connectivity index is 2.16. The molecule has 0 aromatic carbocycles. The first kappa shape index (κ1) is 19.8. The Morgan fingerprint density at radius 3 is 2.64 bits per heavy atom. The fourth-order valence-corrected chi connectivity index (χ4v) is 3.24. The van der Waals surface area contributed by atoms with Gasteiger partial charge in [0.2, 0.25) is 5.88 Å². The van der Waals surface area contributed by atoms with E-state index in [-0.39, 0.29) is 0 Å². The van der Waals surface area contributed by atoms with Crippen LogP contribution < -0.4 is 10.1 Å². The zero-order valence-electron chi connectivity index (χ0n) is 16.0. The van der Waals surface area contributed by atoms with E-state index in [1.807, 2.05) is 0 Å². The summed E-state index contributed by atoms with van der Waals surface area (Å²) in [6, 6.07) is 3.20. The average Bonchev–Trinajstić information content (AvgIpc) is 2.92. The van der Waals surface area contributed by atoms with Gasteiger partial charge in [0.05, 0.1) is 19.2 Å². The lowest BCUT2D eigenvalue weighted by atomic mass is 10.4. The number of aromatic nitrogens is 3. The zero-order chi connectivity index (χ0) is 18.3. The van der Waals surface area contributed by atoms with E-state index in [1.54, 1.807) is 14.2 Å². The summed E-state index contributed by atoms with van der Waals surface area (Å²) < 4.78 is 18.6. The third-order valence-corrected chi connectivity index (χ3v) is 5.64. The number of nitrogens with one attached hydrogen (secondary N) is 1. The molecule has 0 radical (unpaired) electrons. The summed E-state index contributed by atoms with van der Waals surface area (Å²) in [5.74, 6) is 0.571. The smallest absolute Gasteiger partial charge is 0.241 e. The highest BCUT2D eigenvalue weighted by molar-refractivity contribution is 6.76. The third kappa shape index (κ3) is 5.77. The highest BCUT2D eigenvalue weighted by Crippen LogP contribution is 2.25. The van der Waals surface area contributed by atoms with Crippen molar-refractivity contribution in [3.05, 3.63) is 18.1 Å². The van der Waals surface area contributed by atoms with Crippen LogP contribution in [0.2, 0.25) is 25.7 Å². The van der Waals surface area contributed by atoms with Gasteiger partial charge in [-0.1, -0.05) is 19.6 Å². The molecular formula is C17H30N4O3Si. The van der Waals surface area contributed by atoms with E-state index in [9.17, 15) is 0 Å². The highest BCUT2D eigenvalue weighted by Gasteiger charge is 2.16. The fraction of sp³-hybridized carbons (Fsp3) is 0.647. The summed E-state index contributed by atoms with van der Waals surface area (Å²) in [6.45, 7) is 10.5. The van der Waals surface area contributed by atoms with Gasteiger partial charge >= 0.3 is 0 Å². The average molecular weight is 367 g/mol. The molecule has 0 amide bonds. The largest absolute Gasteiger partial charge is 0.479 e. The Kier molecular flexibility index (Phi) is 7.36. The SMILES string of the molecule is COCCNCc1cc2ncnc(OC)c2n1COCC[Si](C)(C)C. The molecule has 2 aromatic heterocycles. The molecule has 140 valence electrons. The monoisotopic (exact) mass is 366 g/mol. The van der Waals surface area contributed by atoms with Crippen LogP contribution in [0.1, 0.15) is 5.69 Å². The second kappa shape index (κ2) is 9.28. The first-order valence-corrected chi connectivity index (χ1v) is 12.3. The second-order valence-electron chi connectivity index (χ2n) is 7.20. The van der Waals surface area contributed by atoms with Gasteiger partial charge in [-0.2, -0.15) is 4.98 Å². The summed E-state index contributed by atoms with van der Waals surface area (Å²) in [5.41, 5.74) is 2.84. The molecule has 0 spiro atoms. The van der Waals surface area contributed by atoms with Crippen molar-refractivity contribution in [3.63, 3.8) is 0 Å². The Hall–Kier alpha value is -1.48. The van der Waals surface area contributed by atoms with Crippen molar-refractivity contribution in [2.75, 3.05) is 34.0 Å². The Bertz CT molecular complexity index is 670. The predicted molar refractivity (Wildman–Crippen MR) is 102 cm³/mol. The normalized spacial score (nSPS) is 12.0. The first-order chi connectivity index (χ1) is 12.0. The molecular weight excluding hydrogens is 336 g/mol. The molecule has 0 unspecified atom stereocenters. The van der Waals surface area contributed by atoms with Crippen LogP contribution in [0.3, 0.4) is 0 Å². The van der Waals surface area contributed by atoms with Gasteiger partial charge in [-0.05, 0) is 12.1 Å². The maximum atomic E-state index is 5.96. The summed E-state index contributed by atoms with van der Waals surface area (Å²) in [4.78, 5) is 8.60. The molecule has 7 nitrogen and oxygen atoms in total. The molecule has 1 N–H and O–H groups in total. The lowest BCUT2D eigenvalue weighted by Gasteiger charge is -2.17. The van der Waals surface area contributed by atoms with Crippen molar-refractivity contribution in [2.24, 2.45) is 0 Å². The van der Waals surface area contributed by atoms with E-state index in [0.29, 0.717) is 25.8 Å². The van der Waals surface area contributed by atoms with Crippen molar-refractivity contribution in [1.29, 1.82) is 0 Å². The zero-order valence-corrected chi connectivity index (χ0v) is 17.0.